The normalized spacial score (nSPS) is 12.5. The molecule has 0 saturated carbocycles. The summed E-state index contributed by atoms with van der Waals surface area (Å²) in [5.74, 6) is 0. The molecule has 0 fully saturated rings. The predicted molar refractivity (Wildman–Crippen MR) is 281 cm³/mol. The first-order valence-corrected chi connectivity index (χ1v) is 23.0. The molecule has 0 amide bonds. The number of anilines is 3. The molecule has 11 aromatic rings. The van der Waals surface area contributed by atoms with E-state index in [1.54, 1.807) is 0 Å². The lowest BCUT2D eigenvalue weighted by molar-refractivity contribution is 0.661. The van der Waals surface area contributed by atoms with Crippen LogP contribution in [0.15, 0.2) is 249 Å². The van der Waals surface area contributed by atoms with E-state index in [9.17, 15) is 0 Å². The third-order valence-corrected chi connectivity index (χ3v) is 13.9. The molecule has 0 heterocycles. The van der Waals surface area contributed by atoms with Crippen molar-refractivity contribution in [3.8, 4) is 66.8 Å². The first-order valence-electron chi connectivity index (χ1n) is 23.0. The molecule has 0 saturated heterocycles. The summed E-state index contributed by atoms with van der Waals surface area (Å²) in [6.07, 6.45) is 0. The highest BCUT2D eigenvalue weighted by molar-refractivity contribution is 6.10. The summed E-state index contributed by atoms with van der Waals surface area (Å²) in [4.78, 5) is 2.47. The summed E-state index contributed by atoms with van der Waals surface area (Å²) in [6, 6.07) is 91.3. The van der Waals surface area contributed by atoms with Crippen LogP contribution >= 0.6 is 0 Å². The monoisotopic (exact) mass is 841 g/mol. The molecule has 0 spiro atoms. The van der Waals surface area contributed by atoms with Gasteiger partial charge in [0, 0.05) is 22.2 Å². The Bertz CT molecular complexity index is 3420. The van der Waals surface area contributed by atoms with E-state index in [1.807, 2.05) is 0 Å². The Labute approximate surface area is 387 Å². The van der Waals surface area contributed by atoms with Crippen molar-refractivity contribution in [2.24, 2.45) is 0 Å². The third-order valence-electron chi connectivity index (χ3n) is 13.9. The molecule has 0 aromatic heterocycles. The minimum atomic E-state index is -0.243. The van der Waals surface area contributed by atoms with Gasteiger partial charge in [0.1, 0.15) is 0 Å². The lowest BCUT2D eigenvalue weighted by Crippen LogP contribution is -2.17. The molecule has 0 radical (unpaired) electrons. The lowest BCUT2D eigenvalue weighted by atomic mass is 9.81. The van der Waals surface area contributed by atoms with Crippen molar-refractivity contribution in [2.45, 2.75) is 19.3 Å². The number of nitrogens with zero attached hydrogens (tertiary/aromatic N) is 1. The second-order valence-electron chi connectivity index (χ2n) is 18.1. The van der Waals surface area contributed by atoms with E-state index < -0.39 is 0 Å². The molecule has 11 aromatic carbocycles. The predicted octanol–water partition coefficient (Wildman–Crippen LogP) is 18.1. The quantitative estimate of drug-likeness (QED) is 0.147. The lowest BCUT2D eigenvalue weighted by Gasteiger charge is -2.30. The zero-order chi connectivity index (χ0) is 44.2. The van der Waals surface area contributed by atoms with Crippen LogP contribution in [-0.2, 0) is 5.41 Å². The van der Waals surface area contributed by atoms with Gasteiger partial charge in [-0.1, -0.05) is 220 Å². The minimum Gasteiger partial charge on any atom is -0.310 e. The van der Waals surface area contributed by atoms with E-state index in [0.717, 1.165) is 11.4 Å². The van der Waals surface area contributed by atoms with E-state index in [2.05, 4.69) is 267 Å². The van der Waals surface area contributed by atoms with Crippen LogP contribution in [0.3, 0.4) is 0 Å². The standard InChI is InChI=1S/C65H47N/c1-65(2)61-42-55(54-30-29-46-17-9-10-18-53(46)41-54)35-40-60(61)64-59-20-12-11-19-58(59)63(43-62(64)65)66(56-36-31-51(32-37-56)49-25-21-47(22-26-49)44-13-5-3-6-14-44)57-38-33-52(34-39-57)50-27-23-48(24-28-50)45-15-7-4-8-16-45/h3-43H,1-2H3. The van der Waals surface area contributed by atoms with Crippen molar-refractivity contribution in [1.29, 1.82) is 0 Å². The van der Waals surface area contributed by atoms with Gasteiger partial charge in [-0.3, -0.25) is 0 Å². The van der Waals surface area contributed by atoms with Gasteiger partial charge in [-0.2, -0.15) is 0 Å². The van der Waals surface area contributed by atoms with E-state index in [-0.39, 0.29) is 5.41 Å². The third kappa shape index (κ3) is 6.89. The molecule has 12 rings (SSSR count). The maximum Gasteiger partial charge on any atom is 0.0543 e. The van der Waals surface area contributed by atoms with Crippen LogP contribution in [0.1, 0.15) is 25.0 Å². The Morgan fingerprint density at radius 2 is 0.682 bits per heavy atom. The summed E-state index contributed by atoms with van der Waals surface area (Å²) in [5, 5.41) is 5.01. The number of hydrogen-bond acceptors (Lipinski definition) is 1. The number of hydrogen-bond donors (Lipinski definition) is 0. The van der Waals surface area contributed by atoms with Crippen molar-refractivity contribution >= 4 is 38.6 Å². The fourth-order valence-electron chi connectivity index (χ4n) is 10.3. The Hall–Kier alpha value is -8.26. The van der Waals surface area contributed by atoms with Gasteiger partial charge in [0.15, 0.2) is 0 Å². The van der Waals surface area contributed by atoms with Crippen molar-refractivity contribution < 1.29 is 0 Å². The Kier molecular flexibility index (Phi) is 9.58. The first-order chi connectivity index (χ1) is 32.5. The van der Waals surface area contributed by atoms with Crippen LogP contribution in [0.4, 0.5) is 17.1 Å². The highest BCUT2D eigenvalue weighted by atomic mass is 15.1. The second kappa shape index (κ2) is 16.1. The average molecular weight is 842 g/mol. The Balaban J connectivity index is 0.966. The topological polar surface area (TPSA) is 3.24 Å². The van der Waals surface area contributed by atoms with Crippen molar-refractivity contribution in [2.75, 3.05) is 4.90 Å². The molecular weight excluding hydrogens is 795 g/mol. The molecule has 0 atom stereocenters. The summed E-state index contributed by atoms with van der Waals surface area (Å²) in [6.45, 7) is 4.81. The Morgan fingerprint density at radius 1 is 0.288 bits per heavy atom. The van der Waals surface area contributed by atoms with Gasteiger partial charge >= 0.3 is 0 Å². The fourth-order valence-corrected chi connectivity index (χ4v) is 10.3. The zero-order valence-corrected chi connectivity index (χ0v) is 37.1. The van der Waals surface area contributed by atoms with Crippen LogP contribution in [0.5, 0.6) is 0 Å². The Morgan fingerprint density at radius 3 is 1.21 bits per heavy atom. The maximum absolute atomic E-state index is 2.49. The van der Waals surface area contributed by atoms with Gasteiger partial charge in [0.2, 0.25) is 0 Å². The van der Waals surface area contributed by atoms with Gasteiger partial charge in [-0.25, -0.2) is 0 Å². The van der Waals surface area contributed by atoms with Gasteiger partial charge in [-0.05, 0) is 137 Å². The van der Waals surface area contributed by atoms with Crippen LogP contribution in [0.25, 0.3) is 88.3 Å². The molecule has 0 aliphatic heterocycles. The number of rotatable bonds is 8. The molecule has 0 N–H and O–H groups in total. The summed E-state index contributed by atoms with van der Waals surface area (Å²) < 4.78 is 0. The molecule has 1 aliphatic carbocycles. The molecular formula is C65H47N. The molecule has 0 bridgehead atoms. The zero-order valence-electron chi connectivity index (χ0n) is 37.1. The minimum absolute atomic E-state index is 0.243. The molecule has 0 unspecified atom stereocenters. The molecule has 66 heavy (non-hydrogen) atoms. The van der Waals surface area contributed by atoms with Crippen LogP contribution in [0.2, 0.25) is 0 Å². The van der Waals surface area contributed by atoms with Crippen molar-refractivity contribution in [1.82, 2.24) is 0 Å². The van der Waals surface area contributed by atoms with E-state index >= 15 is 0 Å². The molecule has 1 nitrogen and oxygen atoms in total. The van der Waals surface area contributed by atoms with Crippen molar-refractivity contribution in [3.63, 3.8) is 0 Å². The molecule has 1 heteroatoms. The largest absolute Gasteiger partial charge is 0.310 e. The summed E-state index contributed by atoms with van der Waals surface area (Å²) in [5.41, 5.74) is 20.6. The molecule has 312 valence electrons. The number of benzene rings is 11. The molecule has 1 aliphatic rings. The van der Waals surface area contributed by atoms with Gasteiger partial charge in [0.05, 0.1) is 5.69 Å². The van der Waals surface area contributed by atoms with Crippen LogP contribution in [-0.4, -0.2) is 0 Å². The van der Waals surface area contributed by atoms with Gasteiger partial charge in [-0.15, -0.1) is 0 Å². The highest BCUT2D eigenvalue weighted by Gasteiger charge is 2.38. The van der Waals surface area contributed by atoms with E-state index in [4.69, 9.17) is 0 Å². The van der Waals surface area contributed by atoms with E-state index in [1.165, 1.54) is 105 Å². The second-order valence-corrected chi connectivity index (χ2v) is 18.1. The first kappa shape index (κ1) is 39.3. The van der Waals surface area contributed by atoms with Gasteiger partial charge < -0.3 is 4.90 Å². The summed E-state index contributed by atoms with van der Waals surface area (Å²) in [7, 11) is 0. The number of fused-ring (bicyclic) bond motifs is 6. The van der Waals surface area contributed by atoms with Crippen LogP contribution < -0.4 is 4.90 Å². The van der Waals surface area contributed by atoms with E-state index in [0.29, 0.717) is 0 Å². The van der Waals surface area contributed by atoms with Gasteiger partial charge in [0.25, 0.3) is 0 Å². The van der Waals surface area contributed by atoms with Crippen LogP contribution in [0, 0.1) is 0 Å². The smallest absolute Gasteiger partial charge is 0.0543 e. The average Bonchev–Trinajstić information content (AvgIpc) is 3.62. The summed E-state index contributed by atoms with van der Waals surface area (Å²) >= 11 is 0. The highest BCUT2D eigenvalue weighted by Crippen LogP contribution is 2.55. The SMILES string of the molecule is CC1(C)c2cc(-c3ccc4ccccc4c3)ccc2-c2c1cc(N(c1ccc(-c3ccc(-c4ccccc4)cc3)cc1)c1ccc(-c3ccc(-c4ccccc4)cc3)cc1)c1ccccc21. The van der Waals surface area contributed by atoms with Crippen molar-refractivity contribution in [3.05, 3.63) is 260 Å². The fraction of sp³-hybridized carbons (Fsp3) is 0.0462. The maximum atomic E-state index is 2.49.